The quantitative estimate of drug-likeness (QED) is 0.755. The molecule has 0 atom stereocenters. The van der Waals surface area contributed by atoms with Crippen molar-refractivity contribution in [2.75, 3.05) is 38.7 Å². The molecule has 1 aromatic rings. The van der Waals surface area contributed by atoms with Gasteiger partial charge in [-0.05, 0) is 26.1 Å². The van der Waals surface area contributed by atoms with Crippen LogP contribution in [0.3, 0.4) is 0 Å². The van der Waals surface area contributed by atoms with Crippen molar-refractivity contribution in [2.24, 2.45) is 0 Å². The zero-order valence-electron chi connectivity index (χ0n) is 11.3. The third-order valence-corrected chi connectivity index (χ3v) is 2.56. The van der Waals surface area contributed by atoms with Gasteiger partial charge in [0.1, 0.15) is 6.07 Å². The summed E-state index contributed by atoms with van der Waals surface area (Å²) in [5.41, 5.74) is 1.01. The van der Waals surface area contributed by atoms with Crippen LogP contribution in [0.2, 0.25) is 0 Å². The number of anilines is 1. The summed E-state index contributed by atoms with van der Waals surface area (Å²) in [7, 11) is 1.86. The van der Waals surface area contributed by atoms with E-state index in [0.29, 0.717) is 31.0 Å². The molecule has 0 heterocycles. The molecular formula is C14H19N3O2. The van der Waals surface area contributed by atoms with E-state index in [1.54, 1.807) is 24.3 Å². The Balaban J connectivity index is 2.45. The average molecular weight is 261 g/mol. The summed E-state index contributed by atoms with van der Waals surface area (Å²) in [6.07, 6.45) is 0. The lowest BCUT2D eigenvalue weighted by molar-refractivity contribution is -0.117. The summed E-state index contributed by atoms with van der Waals surface area (Å²) < 4.78 is 5.22. The van der Waals surface area contributed by atoms with Gasteiger partial charge in [0.05, 0.1) is 24.4 Å². The highest BCUT2D eigenvalue weighted by Gasteiger charge is 2.08. The van der Waals surface area contributed by atoms with Gasteiger partial charge in [-0.25, -0.2) is 0 Å². The molecule has 0 aliphatic heterocycles. The van der Waals surface area contributed by atoms with E-state index in [9.17, 15) is 4.79 Å². The van der Waals surface area contributed by atoms with Gasteiger partial charge < -0.3 is 10.1 Å². The standard InChI is InChI=1S/C14H19N3O2/c1-3-19-9-8-17(2)11-14(18)16-13-7-5-4-6-12(13)10-15/h4-7H,3,8-9,11H2,1-2H3,(H,16,18). The van der Waals surface area contributed by atoms with Crippen LogP contribution in [-0.2, 0) is 9.53 Å². The number of nitriles is 1. The number of nitrogens with zero attached hydrogens (tertiary/aromatic N) is 2. The number of para-hydroxylation sites is 1. The Kier molecular flexibility index (Phi) is 6.58. The minimum atomic E-state index is -0.137. The molecule has 0 saturated carbocycles. The first-order valence-corrected chi connectivity index (χ1v) is 6.22. The molecule has 0 aliphatic rings. The smallest absolute Gasteiger partial charge is 0.238 e. The third kappa shape index (κ3) is 5.51. The van der Waals surface area contributed by atoms with Crippen LogP contribution in [0.4, 0.5) is 5.69 Å². The van der Waals surface area contributed by atoms with E-state index in [2.05, 4.69) is 5.32 Å². The van der Waals surface area contributed by atoms with Gasteiger partial charge in [-0.2, -0.15) is 5.26 Å². The monoisotopic (exact) mass is 261 g/mol. The van der Waals surface area contributed by atoms with Crippen molar-refractivity contribution in [2.45, 2.75) is 6.92 Å². The fourth-order valence-corrected chi connectivity index (χ4v) is 1.57. The van der Waals surface area contributed by atoms with Crippen LogP contribution in [0.5, 0.6) is 0 Å². The molecule has 19 heavy (non-hydrogen) atoms. The highest BCUT2D eigenvalue weighted by atomic mass is 16.5. The molecule has 0 fully saturated rings. The molecule has 0 saturated heterocycles. The molecule has 1 N–H and O–H groups in total. The van der Waals surface area contributed by atoms with Gasteiger partial charge in [-0.1, -0.05) is 12.1 Å². The maximum absolute atomic E-state index is 11.8. The Morgan fingerprint density at radius 1 is 1.47 bits per heavy atom. The zero-order valence-corrected chi connectivity index (χ0v) is 11.3. The Labute approximate surface area is 113 Å². The fraction of sp³-hybridized carbons (Fsp3) is 0.429. The first-order chi connectivity index (χ1) is 9.17. The molecule has 1 amide bonds. The zero-order chi connectivity index (χ0) is 14.1. The molecule has 102 valence electrons. The van der Waals surface area contributed by atoms with Crippen LogP contribution in [0.15, 0.2) is 24.3 Å². The molecule has 0 aromatic heterocycles. The largest absolute Gasteiger partial charge is 0.380 e. The number of benzene rings is 1. The van der Waals surface area contributed by atoms with E-state index in [1.807, 2.05) is 24.9 Å². The molecular weight excluding hydrogens is 242 g/mol. The van der Waals surface area contributed by atoms with E-state index in [1.165, 1.54) is 0 Å². The van der Waals surface area contributed by atoms with Crippen molar-refractivity contribution in [1.29, 1.82) is 5.26 Å². The second kappa shape index (κ2) is 8.25. The Bertz CT molecular complexity index is 454. The Morgan fingerprint density at radius 3 is 2.89 bits per heavy atom. The lowest BCUT2D eigenvalue weighted by Gasteiger charge is -2.16. The van der Waals surface area contributed by atoms with E-state index in [0.717, 1.165) is 0 Å². The second-order valence-corrected chi connectivity index (χ2v) is 4.14. The van der Waals surface area contributed by atoms with Gasteiger partial charge in [-0.15, -0.1) is 0 Å². The molecule has 0 radical (unpaired) electrons. The number of nitrogens with one attached hydrogen (secondary N) is 1. The highest BCUT2D eigenvalue weighted by Crippen LogP contribution is 2.13. The van der Waals surface area contributed by atoms with E-state index in [-0.39, 0.29) is 12.5 Å². The minimum absolute atomic E-state index is 0.137. The third-order valence-electron chi connectivity index (χ3n) is 2.56. The van der Waals surface area contributed by atoms with Crippen LogP contribution in [0, 0.1) is 11.3 Å². The van der Waals surface area contributed by atoms with Gasteiger partial charge in [0.15, 0.2) is 0 Å². The average Bonchev–Trinajstić information content (AvgIpc) is 2.39. The number of hydrogen-bond acceptors (Lipinski definition) is 4. The highest BCUT2D eigenvalue weighted by molar-refractivity contribution is 5.93. The van der Waals surface area contributed by atoms with E-state index < -0.39 is 0 Å². The van der Waals surface area contributed by atoms with Crippen molar-refractivity contribution in [1.82, 2.24) is 4.90 Å². The number of carbonyl (C=O) groups excluding carboxylic acids is 1. The molecule has 5 heteroatoms. The van der Waals surface area contributed by atoms with Crippen LogP contribution < -0.4 is 5.32 Å². The van der Waals surface area contributed by atoms with Crippen molar-refractivity contribution >= 4 is 11.6 Å². The van der Waals surface area contributed by atoms with Crippen molar-refractivity contribution in [3.05, 3.63) is 29.8 Å². The van der Waals surface area contributed by atoms with Gasteiger partial charge in [0.25, 0.3) is 0 Å². The lowest BCUT2D eigenvalue weighted by atomic mass is 10.2. The van der Waals surface area contributed by atoms with Crippen LogP contribution in [0.1, 0.15) is 12.5 Å². The Morgan fingerprint density at radius 2 is 2.21 bits per heavy atom. The van der Waals surface area contributed by atoms with Gasteiger partial charge in [-0.3, -0.25) is 9.69 Å². The van der Waals surface area contributed by atoms with Crippen LogP contribution in [-0.4, -0.2) is 44.2 Å². The molecule has 5 nitrogen and oxygen atoms in total. The summed E-state index contributed by atoms with van der Waals surface area (Å²) in [5.74, 6) is -0.137. The maximum atomic E-state index is 11.8. The number of likely N-dealkylation sites (N-methyl/N-ethyl adjacent to an activating group) is 1. The van der Waals surface area contributed by atoms with Gasteiger partial charge >= 0.3 is 0 Å². The summed E-state index contributed by atoms with van der Waals surface area (Å²) in [6, 6.07) is 8.99. The first kappa shape index (κ1) is 15.2. The normalized spacial score (nSPS) is 10.2. The molecule has 1 aromatic carbocycles. The predicted octanol–water partition coefficient (Wildman–Crippen LogP) is 1.47. The minimum Gasteiger partial charge on any atom is -0.380 e. The molecule has 1 rings (SSSR count). The Hall–Kier alpha value is -1.90. The number of rotatable bonds is 7. The van der Waals surface area contributed by atoms with Crippen molar-refractivity contribution in [3.63, 3.8) is 0 Å². The van der Waals surface area contributed by atoms with Gasteiger partial charge in [0, 0.05) is 13.2 Å². The SMILES string of the molecule is CCOCCN(C)CC(=O)Nc1ccccc1C#N. The van der Waals surface area contributed by atoms with Crippen LogP contribution in [0.25, 0.3) is 0 Å². The maximum Gasteiger partial charge on any atom is 0.238 e. The molecule has 0 bridgehead atoms. The van der Waals surface area contributed by atoms with Gasteiger partial charge in [0.2, 0.25) is 5.91 Å². The fourth-order valence-electron chi connectivity index (χ4n) is 1.57. The van der Waals surface area contributed by atoms with Crippen LogP contribution >= 0.6 is 0 Å². The number of hydrogen-bond donors (Lipinski definition) is 1. The molecule has 0 unspecified atom stereocenters. The summed E-state index contributed by atoms with van der Waals surface area (Å²) >= 11 is 0. The summed E-state index contributed by atoms with van der Waals surface area (Å²) in [4.78, 5) is 13.7. The number of amides is 1. The summed E-state index contributed by atoms with van der Waals surface area (Å²) in [6.45, 7) is 4.18. The van der Waals surface area contributed by atoms with E-state index >= 15 is 0 Å². The van der Waals surface area contributed by atoms with Crippen molar-refractivity contribution in [3.8, 4) is 6.07 Å². The van der Waals surface area contributed by atoms with E-state index in [4.69, 9.17) is 10.00 Å². The number of ether oxygens (including phenoxy) is 1. The second-order valence-electron chi connectivity index (χ2n) is 4.14. The summed E-state index contributed by atoms with van der Waals surface area (Å²) in [5, 5.41) is 11.7. The number of carbonyl (C=O) groups is 1. The first-order valence-electron chi connectivity index (χ1n) is 6.22. The predicted molar refractivity (Wildman–Crippen MR) is 73.8 cm³/mol. The molecule has 0 spiro atoms. The topological polar surface area (TPSA) is 65.4 Å². The van der Waals surface area contributed by atoms with Crippen molar-refractivity contribution < 1.29 is 9.53 Å². The molecule has 0 aliphatic carbocycles. The lowest BCUT2D eigenvalue weighted by Crippen LogP contribution is -2.32.